The molecule has 0 radical (unpaired) electrons. The van der Waals surface area contributed by atoms with Crippen molar-refractivity contribution < 1.29 is 0 Å². The number of anilines is 6. The van der Waals surface area contributed by atoms with Crippen molar-refractivity contribution in [3.8, 4) is 55.6 Å². The molecule has 0 aliphatic heterocycles. The molecule has 12 aromatic carbocycles. The van der Waals surface area contributed by atoms with Crippen molar-refractivity contribution in [2.24, 2.45) is 0 Å². The number of nitrogens with zero attached hydrogens (tertiary/aromatic N) is 2. The molecule has 0 amide bonds. The molecule has 85 heavy (non-hydrogen) atoms. The molecule has 13 aromatic rings. The molecule has 0 saturated carbocycles. The molecule has 0 unspecified atom stereocenters. The number of benzene rings is 12. The second-order valence-corrected chi connectivity index (χ2v) is 26.5. The fourth-order valence-electron chi connectivity index (χ4n) is 15.9. The molecule has 0 bridgehead atoms. The summed E-state index contributed by atoms with van der Waals surface area (Å²) in [5, 5.41) is 2.55. The first-order chi connectivity index (χ1) is 41.4. The summed E-state index contributed by atoms with van der Waals surface area (Å²) in [4.78, 5) is 5.02. The number of hydrogen-bond donors (Lipinski definition) is 0. The Hall–Kier alpha value is -9.54. The fourth-order valence-corrected chi connectivity index (χ4v) is 17.0. The molecule has 4 aliphatic rings. The first-order valence-corrected chi connectivity index (χ1v) is 30.9. The van der Waals surface area contributed by atoms with Crippen molar-refractivity contribution >= 4 is 65.6 Å². The van der Waals surface area contributed by atoms with Gasteiger partial charge in [0.15, 0.2) is 0 Å². The van der Waals surface area contributed by atoms with E-state index in [1.54, 1.807) is 0 Å². The zero-order valence-electron chi connectivity index (χ0n) is 49.0. The maximum Gasteiger partial charge on any atom is 0.0725 e. The van der Waals surface area contributed by atoms with Crippen LogP contribution in [0.3, 0.4) is 0 Å². The number of rotatable bonds is 7. The lowest BCUT2D eigenvalue weighted by molar-refractivity contribution is 0.659. The third kappa shape index (κ3) is 6.99. The largest absolute Gasteiger partial charge is 0.310 e. The van der Waals surface area contributed by atoms with E-state index in [1.165, 1.54) is 143 Å². The van der Waals surface area contributed by atoms with Crippen molar-refractivity contribution in [3.05, 3.63) is 310 Å². The molecule has 0 N–H and O–H groups in total. The maximum atomic E-state index is 2.51. The third-order valence-electron chi connectivity index (χ3n) is 19.9. The van der Waals surface area contributed by atoms with Crippen LogP contribution in [-0.2, 0) is 16.2 Å². The molecule has 0 atom stereocenters. The van der Waals surface area contributed by atoms with Gasteiger partial charge in [0.05, 0.1) is 11.1 Å². The van der Waals surface area contributed by atoms with Crippen LogP contribution in [0.5, 0.6) is 0 Å². The van der Waals surface area contributed by atoms with Gasteiger partial charge in [-0.2, -0.15) is 0 Å². The average Bonchev–Trinajstić information content (AvgIpc) is 1.97. The van der Waals surface area contributed by atoms with Gasteiger partial charge in [0.1, 0.15) is 0 Å². The summed E-state index contributed by atoms with van der Waals surface area (Å²) in [6.45, 7) is 16.3. The van der Waals surface area contributed by atoms with E-state index in [-0.39, 0.29) is 10.8 Å². The van der Waals surface area contributed by atoms with Crippen LogP contribution >= 0.6 is 11.3 Å². The second-order valence-electron chi connectivity index (χ2n) is 25.4. The Balaban J connectivity index is 0.793. The summed E-state index contributed by atoms with van der Waals surface area (Å²) in [7, 11) is 0. The van der Waals surface area contributed by atoms with Gasteiger partial charge < -0.3 is 9.80 Å². The Labute approximate surface area is 502 Å². The summed E-state index contributed by atoms with van der Waals surface area (Å²) in [6, 6.07) is 95.1. The summed E-state index contributed by atoms with van der Waals surface area (Å²) in [6.07, 6.45) is 0. The van der Waals surface area contributed by atoms with Gasteiger partial charge in [0, 0.05) is 59.4 Å². The number of aryl methyl sites for hydroxylation is 3. The van der Waals surface area contributed by atoms with Gasteiger partial charge in [-0.05, 0) is 205 Å². The van der Waals surface area contributed by atoms with Crippen molar-refractivity contribution in [1.29, 1.82) is 0 Å². The molecule has 406 valence electrons. The molecule has 1 spiro atoms. The van der Waals surface area contributed by atoms with E-state index in [9.17, 15) is 0 Å². The highest BCUT2D eigenvalue weighted by molar-refractivity contribution is 7.26. The smallest absolute Gasteiger partial charge is 0.0725 e. The van der Waals surface area contributed by atoms with E-state index in [2.05, 4.69) is 307 Å². The molecular formula is C82H62N2S. The van der Waals surface area contributed by atoms with E-state index in [0.717, 1.165) is 28.4 Å². The molecule has 1 heterocycles. The first-order valence-electron chi connectivity index (χ1n) is 30.1. The highest BCUT2D eigenvalue weighted by Crippen LogP contribution is 2.64. The molecule has 0 fully saturated rings. The van der Waals surface area contributed by atoms with Crippen LogP contribution in [0.4, 0.5) is 34.1 Å². The molecule has 17 rings (SSSR count). The van der Waals surface area contributed by atoms with E-state index in [4.69, 9.17) is 0 Å². The molecule has 4 aliphatic carbocycles. The lowest BCUT2D eigenvalue weighted by Gasteiger charge is -2.31. The van der Waals surface area contributed by atoms with E-state index < -0.39 is 5.41 Å². The fraction of sp³-hybridized carbons (Fsp3) is 0.122. The predicted octanol–water partition coefficient (Wildman–Crippen LogP) is 22.5. The number of thiophene rings is 1. The van der Waals surface area contributed by atoms with Gasteiger partial charge in [-0.1, -0.05) is 209 Å². The normalized spacial score (nSPS) is 14.6. The zero-order valence-corrected chi connectivity index (χ0v) is 49.8. The van der Waals surface area contributed by atoms with Gasteiger partial charge >= 0.3 is 0 Å². The molecule has 2 nitrogen and oxygen atoms in total. The van der Waals surface area contributed by atoms with Crippen molar-refractivity contribution in [2.45, 2.75) is 64.7 Å². The molecular weight excluding hydrogens is 1040 g/mol. The van der Waals surface area contributed by atoms with Gasteiger partial charge in [0.25, 0.3) is 0 Å². The quantitative estimate of drug-likeness (QED) is 0.157. The Morgan fingerprint density at radius 2 is 0.718 bits per heavy atom. The monoisotopic (exact) mass is 1110 g/mol. The maximum absolute atomic E-state index is 2.51. The van der Waals surface area contributed by atoms with Crippen LogP contribution in [0.25, 0.3) is 75.8 Å². The summed E-state index contributed by atoms with van der Waals surface area (Å²) in [5.74, 6) is 0. The Morgan fingerprint density at radius 1 is 0.294 bits per heavy atom. The summed E-state index contributed by atoms with van der Waals surface area (Å²) in [5.41, 5.74) is 33.9. The van der Waals surface area contributed by atoms with Gasteiger partial charge in [-0.3, -0.25) is 0 Å². The van der Waals surface area contributed by atoms with Crippen LogP contribution in [0.2, 0.25) is 0 Å². The van der Waals surface area contributed by atoms with E-state index in [1.807, 2.05) is 11.3 Å². The van der Waals surface area contributed by atoms with Crippen LogP contribution in [0.15, 0.2) is 249 Å². The predicted molar refractivity (Wildman–Crippen MR) is 360 cm³/mol. The van der Waals surface area contributed by atoms with Crippen molar-refractivity contribution in [1.82, 2.24) is 0 Å². The van der Waals surface area contributed by atoms with Crippen LogP contribution in [-0.4, -0.2) is 0 Å². The molecule has 3 heteroatoms. The van der Waals surface area contributed by atoms with Crippen LogP contribution in [0, 0.1) is 20.8 Å². The Kier molecular flexibility index (Phi) is 10.6. The number of fused-ring (bicyclic) bond motifs is 19. The van der Waals surface area contributed by atoms with Gasteiger partial charge in [0.2, 0.25) is 0 Å². The highest BCUT2D eigenvalue weighted by atomic mass is 32.1. The Morgan fingerprint density at radius 3 is 1.29 bits per heavy atom. The minimum Gasteiger partial charge on any atom is -0.310 e. The topological polar surface area (TPSA) is 6.48 Å². The van der Waals surface area contributed by atoms with Gasteiger partial charge in [-0.25, -0.2) is 0 Å². The molecule has 1 aromatic heterocycles. The Bertz CT molecular complexity index is 4850. The number of hydrogen-bond acceptors (Lipinski definition) is 3. The van der Waals surface area contributed by atoms with Gasteiger partial charge in [-0.15, -0.1) is 11.3 Å². The van der Waals surface area contributed by atoms with Crippen LogP contribution in [0.1, 0.15) is 88.9 Å². The minimum atomic E-state index is -0.411. The minimum absolute atomic E-state index is 0.145. The zero-order chi connectivity index (χ0) is 57.3. The first kappa shape index (κ1) is 50.0. The SMILES string of the molecule is Cc1ccc2c(c1)C(C)(C)c1cc(N(c3ccc(-c4ccc(N(c5ccc6c(c5)-c5ccccc5C65c6ccccc6-c6ccccc65)c5cccc6sc7ccccc7c56)cc4)c(C)c3)c3ccc4c(c3)C(C)(C)c3cc(C)ccc3-4)ccc1-2. The van der Waals surface area contributed by atoms with E-state index in [0.29, 0.717) is 0 Å². The van der Waals surface area contributed by atoms with Crippen molar-refractivity contribution in [2.75, 3.05) is 9.80 Å². The lowest BCUT2D eigenvalue weighted by Crippen LogP contribution is -2.25. The third-order valence-corrected chi connectivity index (χ3v) is 21.0. The summed E-state index contributed by atoms with van der Waals surface area (Å²) < 4.78 is 2.57. The van der Waals surface area contributed by atoms with Crippen molar-refractivity contribution in [3.63, 3.8) is 0 Å². The average molecular weight is 1110 g/mol. The van der Waals surface area contributed by atoms with E-state index >= 15 is 0 Å². The standard InChI is InChI=1S/C82H62N2S/c1-49-27-37-62-64-40-34-56(47-74(64)80(4,5)72(62)43-49)83(57-35-41-65-63-38-28-50(2)44-73(63)81(6,7)75(65)48-57)54-33-39-58(51(3)45-54)52-29-31-53(32-30-52)84(76-24-16-26-78-79(76)66-20-11-15-25-77(66)85-78)55-36-42-71-67(46-55)61-19-10-14-23-70(61)82(71)68-21-12-8-17-59(68)60-18-9-13-22-69(60)82/h8-48H,1-7H3. The molecule has 0 saturated heterocycles. The lowest BCUT2D eigenvalue weighted by atomic mass is 9.70. The summed E-state index contributed by atoms with van der Waals surface area (Å²) >= 11 is 1.87. The second kappa shape index (κ2) is 18.0. The highest BCUT2D eigenvalue weighted by Gasteiger charge is 2.51. The van der Waals surface area contributed by atoms with Crippen LogP contribution < -0.4 is 9.80 Å².